The maximum Gasteiger partial charge on any atom is 1.00 e. The summed E-state index contributed by atoms with van der Waals surface area (Å²) in [6, 6.07) is 8.08. The molecule has 4 N–H and O–H groups in total. The van der Waals surface area contributed by atoms with Crippen molar-refractivity contribution >= 4 is 53.9 Å². The van der Waals surface area contributed by atoms with Crippen molar-refractivity contribution in [3.05, 3.63) is 42.5 Å². The average molecular weight is 516 g/mol. The van der Waals surface area contributed by atoms with Gasteiger partial charge < -0.3 is 19.7 Å². The third-order valence-corrected chi connectivity index (χ3v) is 6.19. The number of azo groups is 1. The number of sulfonamides is 1. The van der Waals surface area contributed by atoms with Gasteiger partial charge in [-0.25, -0.2) is 22.0 Å². The number of nitrogens with zero attached hydrogens (tertiary/aromatic N) is 2. The van der Waals surface area contributed by atoms with E-state index in [1.165, 1.54) is 38.3 Å². The number of phenols is 1. The van der Waals surface area contributed by atoms with E-state index in [2.05, 4.69) is 15.5 Å². The van der Waals surface area contributed by atoms with E-state index in [4.69, 9.17) is 9.88 Å². The van der Waals surface area contributed by atoms with Crippen LogP contribution in [0.1, 0.15) is 6.92 Å². The molecule has 0 aliphatic rings. The SMILES string of the molecule is COc1ccc(S(N)(=O)=O)cc1/N=N/c1ccc(O)c2c(NC(C)=O)ccc(S(=O)(=O)[O-])c12.[Na+]. The van der Waals surface area contributed by atoms with Gasteiger partial charge in [0.15, 0.2) is 0 Å². The number of fused-ring (bicyclic) bond motifs is 1. The first-order valence-corrected chi connectivity index (χ1v) is 11.9. The molecule has 0 atom stereocenters. The molecular formula is C19H17N4NaO8S2. The summed E-state index contributed by atoms with van der Waals surface area (Å²) in [5.74, 6) is -0.804. The van der Waals surface area contributed by atoms with Crippen LogP contribution >= 0.6 is 0 Å². The minimum Gasteiger partial charge on any atom is -0.744 e. The van der Waals surface area contributed by atoms with Crippen molar-refractivity contribution in [2.75, 3.05) is 12.4 Å². The number of amides is 1. The zero-order valence-corrected chi connectivity index (χ0v) is 21.8. The normalized spacial score (nSPS) is 11.9. The Kier molecular flexibility index (Phi) is 8.42. The number of benzene rings is 3. The van der Waals surface area contributed by atoms with Gasteiger partial charge in [0.25, 0.3) is 0 Å². The zero-order chi connectivity index (χ0) is 24.6. The van der Waals surface area contributed by atoms with Crippen molar-refractivity contribution in [3.63, 3.8) is 0 Å². The van der Waals surface area contributed by atoms with Gasteiger partial charge in [-0.1, -0.05) is 0 Å². The van der Waals surface area contributed by atoms with Crippen LogP contribution in [0.4, 0.5) is 17.1 Å². The molecule has 174 valence electrons. The predicted molar refractivity (Wildman–Crippen MR) is 116 cm³/mol. The molecule has 15 heteroatoms. The van der Waals surface area contributed by atoms with Crippen molar-refractivity contribution in [1.29, 1.82) is 0 Å². The van der Waals surface area contributed by atoms with E-state index in [0.717, 1.165) is 18.2 Å². The number of carbonyl (C=O) groups is 1. The Morgan fingerprint density at radius 3 is 2.24 bits per heavy atom. The molecule has 3 aromatic carbocycles. The van der Waals surface area contributed by atoms with E-state index in [1.807, 2.05) is 0 Å². The number of hydrogen-bond donors (Lipinski definition) is 3. The van der Waals surface area contributed by atoms with Crippen LogP contribution in [-0.4, -0.2) is 39.5 Å². The number of aromatic hydroxyl groups is 1. The second-order valence-electron chi connectivity index (χ2n) is 6.68. The molecule has 0 saturated heterocycles. The van der Waals surface area contributed by atoms with Crippen LogP contribution in [0.5, 0.6) is 11.5 Å². The van der Waals surface area contributed by atoms with E-state index in [9.17, 15) is 31.3 Å². The van der Waals surface area contributed by atoms with Gasteiger partial charge >= 0.3 is 29.6 Å². The second-order valence-corrected chi connectivity index (χ2v) is 9.59. The molecule has 1 amide bonds. The van der Waals surface area contributed by atoms with E-state index < -0.39 is 36.7 Å². The van der Waals surface area contributed by atoms with Gasteiger partial charge in [-0.15, -0.1) is 10.2 Å². The van der Waals surface area contributed by atoms with Gasteiger partial charge in [0.1, 0.15) is 27.3 Å². The maximum atomic E-state index is 11.9. The number of phenolic OH excluding ortho intramolecular Hbond substituents is 1. The number of anilines is 1. The van der Waals surface area contributed by atoms with Crippen LogP contribution in [-0.2, 0) is 24.9 Å². The Labute approximate surface area is 216 Å². The molecule has 12 nitrogen and oxygen atoms in total. The van der Waals surface area contributed by atoms with Gasteiger partial charge in [0.2, 0.25) is 15.9 Å². The molecule has 0 saturated carbocycles. The zero-order valence-electron chi connectivity index (χ0n) is 18.1. The summed E-state index contributed by atoms with van der Waals surface area (Å²) >= 11 is 0. The van der Waals surface area contributed by atoms with Gasteiger partial charge in [-0.05, 0) is 42.5 Å². The van der Waals surface area contributed by atoms with Crippen molar-refractivity contribution in [3.8, 4) is 11.5 Å². The van der Waals surface area contributed by atoms with E-state index >= 15 is 0 Å². The van der Waals surface area contributed by atoms with Crippen molar-refractivity contribution < 1.29 is 65.6 Å². The van der Waals surface area contributed by atoms with E-state index in [1.54, 1.807) is 0 Å². The molecule has 0 aliphatic carbocycles. The monoisotopic (exact) mass is 516 g/mol. The number of ether oxygens (including phenoxy) is 1. The molecule has 34 heavy (non-hydrogen) atoms. The van der Waals surface area contributed by atoms with Crippen molar-refractivity contribution in [1.82, 2.24) is 0 Å². The van der Waals surface area contributed by atoms with Crippen LogP contribution in [0.3, 0.4) is 0 Å². The third-order valence-electron chi connectivity index (χ3n) is 4.40. The Hall–Kier alpha value is -2.59. The quantitative estimate of drug-likeness (QED) is 0.221. The molecule has 0 unspecified atom stereocenters. The van der Waals surface area contributed by atoms with Crippen LogP contribution in [0, 0.1) is 0 Å². The molecule has 3 rings (SSSR count). The summed E-state index contributed by atoms with van der Waals surface area (Å²) < 4.78 is 64.1. The smallest absolute Gasteiger partial charge is 0.744 e. The summed E-state index contributed by atoms with van der Waals surface area (Å²) in [7, 11) is -7.79. The first kappa shape index (κ1) is 27.7. The number of nitrogens with one attached hydrogen (secondary N) is 1. The molecular weight excluding hydrogens is 499 g/mol. The second kappa shape index (κ2) is 10.4. The number of nitrogens with two attached hydrogens (primary N) is 1. The van der Waals surface area contributed by atoms with Gasteiger partial charge in [0, 0.05) is 12.3 Å². The van der Waals surface area contributed by atoms with Crippen LogP contribution in [0.15, 0.2) is 62.5 Å². The van der Waals surface area contributed by atoms with Crippen LogP contribution < -0.4 is 44.7 Å². The maximum absolute atomic E-state index is 11.9. The molecule has 0 bridgehead atoms. The van der Waals surface area contributed by atoms with Gasteiger partial charge in [-0.3, -0.25) is 4.79 Å². The number of hydrogen-bond acceptors (Lipinski definition) is 10. The third kappa shape index (κ3) is 5.90. The van der Waals surface area contributed by atoms with Gasteiger partial charge in [-0.2, -0.15) is 0 Å². The summed E-state index contributed by atoms with van der Waals surface area (Å²) in [4.78, 5) is 10.6. The fourth-order valence-corrected chi connectivity index (χ4v) is 4.27. The predicted octanol–water partition coefficient (Wildman–Crippen LogP) is -0.517. The summed E-state index contributed by atoms with van der Waals surface area (Å²) in [5.41, 5.74) is -0.185. The number of carbonyl (C=O) groups excluding carboxylic acids is 1. The number of methoxy groups -OCH3 is 1. The molecule has 0 aromatic heterocycles. The van der Waals surface area contributed by atoms with E-state index in [0.29, 0.717) is 0 Å². The van der Waals surface area contributed by atoms with Crippen molar-refractivity contribution in [2.45, 2.75) is 16.7 Å². The fraction of sp³-hybridized carbons (Fsp3) is 0.105. The molecule has 0 fully saturated rings. The molecule has 3 aromatic rings. The van der Waals surface area contributed by atoms with Crippen LogP contribution in [0.25, 0.3) is 10.8 Å². The Morgan fingerprint density at radius 1 is 1.03 bits per heavy atom. The topological polar surface area (TPSA) is 201 Å². The summed E-state index contributed by atoms with van der Waals surface area (Å²) in [6.45, 7) is 1.20. The standard InChI is InChI=1S/C19H18N4O8S2.Na/c1-10(24)21-12-5-8-17(33(28,29)30)19-13(4-6-15(25)18(12)19)22-23-14-9-11(32(20,26)27)3-7-16(14)31-2;/h3-9,25H,1-2H3,(H,21,24)(H2,20,26,27)(H,28,29,30);/q;+1/p-1/b23-22+;. The Balaban J connectivity index is 0.00000408. The first-order chi connectivity index (χ1) is 15.3. The van der Waals surface area contributed by atoms with Crippen molar-refractivity contribution in [2.24, 2.45) is 15.4 Å². The summed E-state index contributed by atoms with van der Waals surface area (Å²) in [5, 5.41) is 25.4. The number of primary sulfonamides is 1. The molecule has 0 radical (unpaired) electrons. The number of rotatable bonds is 6. The largest absolute Gasteiger partial charge is 1.00 e. The summed E-state index contributed by atoms with van der Waals surface area (Å²) in [6.07, 6.45) is 0. The minimum absolute atomic E-state index is 0. The van der Waals surface area contributed by atoms with Crippen LogP contribution in [0.2, 0.25) is 0 Å². The molecule has 0 aliphatic heterocycles. The Bertz CT molecular complexity index is 1520. The van der Waals surface area contributed by atoms with Gasteiger partial charge in [0.05, 0.1) is 33.7 Å². The fourth-order valence-electron chi connectivity index (χ4n) is 3.05. The van der Waals surface area contributed by atoms with E-state index in [-0.39, 0.29) is 68.0 Å². The average Bonchev–Trinajstić information content (AvgIpc) is 2.71. The molecule has 0 heterocycles. The first-order valence-electron chi connectivity index (χ1n) is 8.97. The minimum atomic E-state index is -5.03. The molecule has 0 spiro atoms. The Morgan fingerprint density at radius 2 is 1.68 bits per heavy atom.